The fourth-order valence-electron chi connectivity index (χ4n) is 2.40. The Bertz CT molecular complexity index is 662. The molecular weight excluding hydrogens is 348 g/mol. The van der Waals surface area contributed by atoms with Crippen molar-refractivity contribution >= 4 is 25.6 Å². The van der Waals surface area contributed by atoms with Crippen LogP contribution in [0.1, 0.15) is 34.1 Å². The van der Waals surface area contributed by atoms with Crippen molar-refractivity contribution in [3.8, 4) is 0 Å². The lowest BCUT2D eigenvalue weighted by Crippen LogP contribution is -2.42. The Morgan fingerprint density at radius 3 is 2.31 bits per heavy atom. The average Bonchev–Trinajstić information content (AvgIpc) is 2.46. The summed E-state index contributed by atoms with van der Waals surface area (Å²) in [5.41, 5.74) is -0.582. The van der Waals surface area contributed by atoms with E-state index >= 15 is 0 Å². The summed E-state index contributed by atoms with van der Waals surface area (Å²) >= 11 is 0. The van der Waals surface area contributed by atoms with Crippen molar-refractivity contribution in [3.05, 3.63) is 35.6 Å². The Hall–Kier alpha value is -1.95. The second-order valence-corrected chi connectivity index (χ2v) is 13.9. The van der Waals surface area contributed by atoms with E-state index in [4.69, 9.17) is 9.47 Å². The van der Waals surface area contributed by atoms with Gasteiger partial charge in [0.1, 0.15) is 11.7 Å². The fourth-order valence-corrected chi connectivity index (χ4v) is 3.28. The third-order valence-corrected chi connectivity index (χ3v) is 5.41. The number of carbonyl (C=O) groups excluding carboxylic acids is 3. The van der Waals surface area contributed by atoms with E-state index in [1.165, 1.54) is 19.1 Å². The molecule has 1 aliphatic rings. The largest absolute Gasteiger partial charge is 0.480 e. The van der Waals surface area contributed by atoms with E-state index in [1.807, 2.05) is 6.08 Å². The average molecular weight is 379 g/mol. The monoisotopic (exact) mass is 378 g/mol. The van der Waals surface area contributed by atoms with E-state index in [9.17, 15) is 14.4 Å². The van der Waals surface area contributed by atoms with Crippen LogP contribution in [0.3, 0.4) is 0 Å². The highest BCUT2D eigenvalue weighted by Crippen LogP contribution is 2.27. The lowest BCUT2D eigenvalue weighted by atomic mass is 9.96. The Morgan fingerprint density at radius 2 is 1.77 bits per heavy atom. The molecule has 26 heavy (non-hydrogen) atoms. The van der Waals surface area contributed by atoms with Gasteiger partial charge in [0.2, 0.25) is 5.78 Å². The van der Waals surface area contributed by atoms with Crippen molar-refractivity contribution in [2.24, 2.45) is 0 Å². The summed E-state index contributed by atoms with van der Waals surface area (Å²) < 4.78 is 11.2. The molecule has 0 radical (unpaired) electrons. The molecule has 0 fully saturated rings. The standard InChI is InChI=1S/C20H30O5Si/c1-14-12-17(23)18(13-16(14)22)25-20(3,4)19(24-15(2)21)10-8-9-11-26(5,6)7/h8-9,12-13,19H,10-11H2,1-7H3/b9-8-. The molecule has 1 atom stereocenters. The Labute approximate surface area is 157 Å². The highest BCUT2D eigenvalue weighted by atomic mass is 28.3. The second kappa shape index (κ2) is 8.62. The third kappa shape index (κ3) is 7.12. The number of ether oxygens (including phenoxy) is 2. The number of rotatable bonds is 8. The number of hydrogen-bond donors (Lipinski definition) is 0. The van der Waals surface area contributed by atoms with Gasteiger partial charge in [0, 0.05) is 33.1 Å². The van der Waals surface area contributed by atoms with Gasteiger partial charge in [-0.3, -0.25) is 14.4 Å². The molecule has 0 saturated carbocycles. The van der Waals surface area contributed by atoms with Crippen molar-refractivity contribution in [2.75, 3.05) is 0 Å². The molecular formula is C20H30O5Si. The maximum Gasteiger partial charge on any atom is 0.303 e. The quantitative estimate of drug-likeness (QED) is 0.276. The van der Waals surface area contributed by atoms with Gasteiger partial charge in [0.05, 0.1) is 0 Å². The molecule has 0 aliphatic heterocycles. The van der Waals surface area contributed by atoms with Crippen LogP contribution in [0.15, 0.2) is 35.6 Å². The van der Waals surface area contributed by atoms with Gasteiger partial charge in [-0.2, -0.15) is 0 Å². The molecule has 1 unspecified atom stereocenters. The minimum Gasteiger partial charge on any atom is -0.480 e. The number of esters is 1. The molecule has 0 aromatic heterocycles. The predicted octanol–water partition coefficient (Wildman–Crippen LogP) is 3.98. The summed E-state index contributed by atoms with van der Waals surface area (Å²) in [6.07, 6.45) is 6.46. The van der Waals surface area contributed by atoms with Crippen LogP contribution in [0.5, 0.6) is 0 Å². The first-order valence-electron chi connectivity index (χ1n) is 8.82. The number of allylic oxidation sites excluding steroid dienone is 4. The van der Waals surface area contributed by atoms with Crippen molar-refractivity contribution in [1.29, 1.82) is 0 Å². The predicted molar refractivity (Wildman–Crippen MR) is 104 cm³/mol. The van der Waals surface area contributed by atoms with Crippen LogP contribution in [-0.2, 0) is 23.9 Å². The SMILES string of the molecule is CC(=O)OC(C/C=C\C[Si](C)(C)C)C(C)(C)OC1=CC(=O)C(C)=CC1=O. The molecule has 6 heteroatoms. The number of carbonyl (C=O) groups is 3. The fraction of sp³-hybridized carbons (Fsp3) is 0.550. The van der Waals surface area contributed by atoms with Crippen LogP contribution in [0.4, 0.5) is 0 Å². The zero-order valence-electron chi connectivity index (χ0n) is 16.8. The first-order valence-corrected chi connectivity index (χ1v) is 12.5. The highest BCUT2D eigenvalue weighted by molar-refractivity contribution is 6.76. The number of hydrogen-bond acceptors (Lipinski definition) is 5. The van der Waals surface area contributed by atoms with Crippen LogP contribution >= 0.6 is 0 Å². The number of ketones is 2. The molecule has 0 aromatic rings. The Balaban J connectivity index is 2.90. The molecule has 5 nitrogen and oxygen atoms in total. The van der Waals surface area contributed by atoms with Crippen LogP contribution in [-0.4, -0.2) is 37.3 Å². The highest BCUT2D eigenvalue weighted by Gasteiger charge is 2.36. The summed E-state index contributed by atoms with van der Waals surface area (Å²) in [6.45, 7) is 13.3. The first kappa shape index (κ1) is 22.1. The molecule has 0 aromatic carbocycles. The normalized spacial score (nSPS) is 17.0. The van der Waals surface area contributed by atoms with E-state index in [0.717, 1.165) is 6.04 Å². The summed E-state index contributed by atoms with van der Waals surface area (Å²) in [5.74, 6) is -1.05. The molecule has 0 heterocycles. The molecule has 0 N–H and O–H groups in total. The van der Waals surface area contributed by atoms with Gasteiger partial charge in [-0.1, -0.05) is 31.8 Å². The zero-order valence-corrected chi connectivity index (χ0v) is 17.8. The minimum atomic E-state index is -1.19. The van der Waals surface area contributed by atoms with E-state index in [-0.39, 0.29) is 17.3 Å². The van der Waals surface area contributed by atoms with Crippen LogP contribution in [0.2, 0.25) is 25.7 Å². The molecule has 144 valence electrons. The van der Waals surface area contributed by atoms with E-state index < -0.39 is 25.7 Å². The summed E-state index contributed by atoms with van der Waals surface area (Å²) in [7, 11) is -1.19. The van der Waals surface area contributed by atoms with Crippen molar-refractivity contribution < 1.29 is 23.9 Å². The molecule has 1 aliphatic carbocycles. The van der Waals surface area contributed by atoms with Crippen LogP contribution in [0, 0.1) is 0 Å². The lowest BCUT2D eigenvalue weighted by molar-refractivity contribution is -0.161. The van der Waals surface area contributed by atoms with Gasteiger partial charge >= 0.3 is 5.97 Å². The van der Waals surface area contributed by atoms with Gasteiger partial charge in [0.25, 0.3) is 0 Å². The summed E-state index contributed by atoms with van der Waals surface area (Å²) in [4.78, 5) is 35.4. The molecule has 0 saturated heterocycles. The minimum absolute atomic E-state index is 0.0196. The van der Waals surface area contributed by atoms with E-state index in [0.29, 0.717) is 12.0 Å². The smallest absolute Gasteiger partial charge is 0.303 e. The Morgan fingerprint density at radius 1 is 1.15 bits per heavy atom. The van der Waals surface area contributed by atoms with E-state index in [1.54, 1.807) is 20.8 Å². The van der Waals surface area contributed by atoms with Crippen LogP contribution in [0.25, 0.3) is 0 Å². The van der Waals surface area contributed by atoms with Gasteiger partial charge in [-0.15, -0.1) is 0 Å². The van der Waals surface area contributed by atoms with Crippen LogP contribution < -0.4 is 0 Å². The molecule has 0 amide bonds. The maximum atomic E-state index is 12.1. The topological polar surface area (TPSA) is 69.7 Å². The summed E-state index contributed by atoms with van der Waals surface area (Å²) in [6, 6.07) is 1.03. The molecule has 0 spiro atoms. The van der Waals surface area contributed by atoms with Gasteiger partial charge in [-0.25, -0.2) is 0 Å². The zero-order chi connectivity index (χ0) is 20.1. The van der Waals surface area contributed by atoms with E-state index in [2.05, 4.69) is 25.7 Å². The molecule has 1 rings (SSSR count). The van der Waals surface area contributed by atoms with Gasteiger partial charge in [-0.05, 0) is 32.9 Å². The lowest BCUT2D eigenvalue weighted by Gasteiger charge is -2.34. The Kier molecular flexibility index (Phi) is 7.32. The van der Waals surface area contributed by atoms with Crippen molar-refractivity contribution in [2.45, 2.75) is 71.5 Å². The first-order chi connectivity index (χ1) is 11.8. The van der Waals surface area contributed by atoms with Crippen molar-refractivity contribution in [3.63, 3.8) is 0 Å². The van der Waals surface area contributed by atoms with Crippen molar-refractivity contribution in [1.82, 2.24) is 0 Å². The second-order valence-electron chi connectivity index (χ2n) is 8.34. The van der Waals surface area contributed by atoms with Gasteiger partial charge in [0.15, 0.2) is 11.5 Å². The summed E-state index contributed by atoms with van der Waals surface area (Å²) in [5, 5.41) is 0. The molecule has 0 bridgehead atoms. The maximum absolute atomic E-state index is 12.1. The van der Waals surface area contributed by atoms with Gasteiger partial charge < -0.3 is 9.47 Å². The third-order valence-electron chi connectivity index (χ3n) is 3.94.